The number of rotatable bonds is 7. The van der Waals surface area contributed by atoms with Crippen molar-refractivity contribution in [3.05, 3.63) is 48.0 Å². The number of likely N-dealkylation sites (tertiary alicyclic amines) is 1. The Kier molecular flexibility index (Phi) is 7.04. The van der Waals surface area contributed by atoms with Crippen molar-refractivity contribution in [1.82, 2.24) is 9.80 Å². The highest BCUT2D eigenvalue weighted by Gasteiger charge is 2.29. The number of amides is 2. The van der Waals surface area contributed by atoms with Crippen LogP contribution in [-0.2, 0) is 16.1 Å². The van der Waals surface area contributed by atoms with Crippen LogP contribution in [0.2, 0.25) is 0 Å². The van der Waals surface area contributed by atoms with Gasteiger partial charge in [-0.2, -0.15) is 0 Å². The summed E-state index contributed by atoms with van der Waals surface area (Å²) >= 11 is 0. The molecule has 1 N–H and O–H groups in total. The van der Waals surface area contributed by atoms with Gasteiger partial charge >= 0.3 is 0 Å². The van der Waals surface area contributed by atoms with E-state index in [0.717, 1.165) is 23.8 Å². The molecule has 3 rings (SSSR count). The van der Waals surface area contributed by atoms with E-state index >= 15 is 0 Å². The van der Waals surface area contributed by atoms with Crippen LogP contribution in [0.15, 0.2) is 42.5 Å². The second-order valence-corrected chi connectivity index (χ2v) is 7.48. The lowest BCUT2D eigenvalue weighted by atomic mass is 9.94. The van der Waals surface area contributed by atoms with E-state index < -0.39 is 0 Å². The lowest BCUT2D eigenvalue weighted by molar-refractivity contribution is -0.141. The van der Waals surface area contributed by atoms with E-state index in [4.69, 9.17) is 0 Å². The molecule has 1 aliphatic rings. The minimum atomic E-state index is -0.0467. The van der Waals surface area contributed by atoms with Crippen molar-refractivity contribution < 1.29 is 14.7 Å². The van der Waals surface area contributed by atoms with Crippen molar-refractivity contribution in [2.45, 2.75) is 39.2 Å². The Morgan fingerprint density at radius 1 is 1.11 bits per heavy atom. The van der Waals surface area contributed by atoms with Gasteiger partial charge in [-0.25, -0.2) is 0 Å². The Labute approximate surface area is 166 Å². The summed E-state index contributed by atoms with van der Waals surface area (Å²) in [6, 6.07) is 14.4. The van der Waals surface area contributed by atoms with Crippen molar-refractivity contribution in [2.75, 3.05) is 26.2 Å². The Hall–Kier alpha value is -2.40. The first-order valence-electron chi connectivity index (χ1n) is 10.3. The largest absolute Gasteiger partial charge is 0.396 e. The predicted molar refractivity (Wildman–Crippen MR) is 111 cm³/mol. The van der Waals surface area contributed by atoms with E-state index in [0.29, 0.717) is 39.0 Å². The SMILES string of the molecule is CCC(=O)N1CCC(C(=O)N(CCCO)Cc2cccc3ccccc23)CC1. The predicted octanol–water partition coefficient (Wildman–Crippen LogP) is 3.20. The topological polar surface area (TPSA) is 60.9 Å². The molecule has 150 valence electrons. The van der Waals surface area contributed by atoms with Gasteiger partial charge in [0.15, 0.2) is 0 Å². The van der Waals surface area contributed by atoms with Crippen LogP contribution in [0.1, 0.15) is 38.2 Å². The zero-order valence-corrected chi connectivity index (χ0v) is 16.6. The van der Waals surface area contributed by atoms with E-state index in [1.165, 1.54) is 5.39 Å². The quantitative estimate of drug-likeness (QED) is 0.800. The summed E-state index contributed by atoms with van der Waals surface area (Å²) in [7, 11) is 0. The zero-order chi connectivity index (χ0) is 19.9. The van der Waals surface area contributed by atoms with Crippen LogP contribution in [0.3, 0.4) is 0 Å². The fraction of sp³-hybridized carbons (Fsp3) is 0.478. The molecule has 0 unspecified atom stereocenters. The van der Waals surface area contributed by atoms with Crippen molar-refractivity contribution in [3.8, 4) is 0 Å². The molecule has 1 aliphatic heterocycles. The first-order valence-corrected chi connectivity index (χ1v) is 10.3. The third kappa shape index (κ3) is 4.71. The summed E-state index contributed by atoms with van der Waals surface area (Å²) < 4.78 is 0. The molecule has 0 aromatic heterocycles. The van der Waals surface area contributed by atoms with Crippen LogP contribution in [-0.4, -0.2) is 53.0 Å². The molecule has 0 aliphatic carbocycles. The molecular weight excluding hydrogens is 352 g/mol. The molecule has 28 heavy (non-hydrogen) atoms. The van der Waals surface area contributed by atoms with Crippen molar-refractivity contribution in [3.63, 3.8) is 0 Å². The molecule has 0 saturated carbocycles. The molecule has 0 radical (unpaired) electrons. The average molecular weight is 383 g/mol. The van der Waals surface area contributed by atoms with Gasteiger partial charge < -0.3 is 14.9 Å². The average Bonchev–Trinajstić information content (AvgIpc) is 2.75. The lowest BCUT2D eigenvalue weighted by Crippen LogP contribution is -2.44. The van der Waals surface area contributed by atoms with Gasteiger partial charge in [0.25, 0.3) is 0 Å². The molecular formula is C23H30N2O3. The molecule has 5 nitrogen and oxygen atoms in total. The number of fused-ring (bicyclic) bond motifs is 1. The third-order valence-electron chi connectivity index (χ3n) is 5.64. The normalized spacial score (nSPS) is 15.0. The van der Waals surface area contributed by atoms with Gasteiger partial charge in [-0.1, -0.05) is 49.4 Å². The van der Waals surface area contributed by atoms with Gasteiger partial charge in [0.1, 0.15) is 0 Å². The summed E-state index contributed by atoms with van der Waals surface area (Å²) in [5, 5.41) is 11.6. The maximum atomic E-state index is 13.2. The van der Waals surface area contributed by atoms with Crippen LogP contribution in [0.4, 0.5) is 0 Å². The van der Waals surface area contributed by atoms with Gasteiger partial charge in [-0.15, -0.1) is 0 Å². The molecule has 5 heteroatoms. The van der Waals surface area contributed by atoms with Gasteiger partial charge in [0.2, 0.25) is 11.8 Å². The van der Waals surface area contributed by atoms with Crippen LogP contribution >= 0.6 is 0 Å². The number of hydrogen-bond donors (Lipinski definition) is 1. The van der Waals surface area contributed by atoms with E-state index in [2.05, 4.69) is 24.3 Å². The minimum Gasteiger partial charge on any atom is -0.396 e. The molecule has 2 aromatic rings. The van der Waals surface area contributed by atoms with Gasteiger partial charge in [-0.3, -0.25) is 9.59 Å². The number of aliphatic hydroxyl groups is 1. The van der Waals surface area contributed by atoms with Gasteiger partial charge in [0, 0.05) is 45.1 Å². The third-order valence-corrected chi connectivity index (χ3v) is 5.64. The Morgan fingerprint density at radius 2 is 1.82 bits per heavy atom. The molecule has 1 heterocycles. The molecule has 1 saturated heterocycles. The van der Waals surface area contributed by atoms with Crippen LogP contribution in [0, 0.1) is 5.92 Å². The Morgan fingerprint density at radius 3 is 2.54 bits per heavy atom. The van der Waals surface area contributed by atoms with E-state index in [-0.39, 0.29) is 24.3 Å². The Balaban J connectivity index is 1.73. The molecule has 2 aromatic carbocycles. The number of carbonyl (C=O) groups excluding carboxylic acids is 2. The molecule has 2 amide bonds. The van der Waals surface area contributed by atoms with E-state index in [1.54, 1.807) is 0 Å². The number of nitrogens with zero attached hydrogens (tertiary/aromatic N) is 2. The van der Waals surface area contributed by atoms with Gasteiger partial charge in [-0.05, 0) is 35.6 Å². The highest BCUT2D eigenvalue weighted by molar-refractivity contribution is 5.86. The zero-order valence-electron chi connectivity index (χ0n) is 16.6. The number of piperidine rings is 1. The van der Waals surface area contributed by atoms with Crippen LogP contribution in [0.5, 0.6) is 0 Å². The molecule has 0 atom stereocenters. The molecule has 0 bridgehead atoms. The van der Waals surface area contributed by atoms with Crippen molar-refractivity contribution in [2.24, 2.45) is 5.92 Å². The van der Waals surface area contributed by atoms with Crippen LogP contribution < -0.4 is 0 Å². The second kappa shape index (κ2) is 9.69. The summed E-state index contributed by atoms with van der Waals surface area (Å²) in [5.41, 5.74) is 1.13. The van der Waals surface area contributed by atoms with Crippen molar-refractivity contribution in [1.29, 1.82) is 0 Å². The fourth-order valence-corrected chi connectivity index (χ4v) is 4.02. The van der Waals surface area contributed by atoms with Crippen LogP contribution in [0.25, 0.3) is 10.8 Å². The minimum absolute atomic E-state index is 0.0467. The summed E-state index contributed by atoms with van der Waals surface area (Å²) in [6.07, 6.45) is 2.53. The smallest absolute Gasteiger partial charge is 0.226 e. The number of benzene rings is 2. The summed E-state index contributed by atoms with van der Waals surface area (Å²) in [6.45, 7) is 4.36. The molecule has 1 fully saturated rings. The maximum Gasteiger partial charge on any atom is 0.226 e. The summed E-state index contributed by atoms with van der Waals surface area (Å²) in [5.74, 6) is 0.262. The number of carbonyl (C=O) groups is 2. The first-order chi connectivity index (χ1) is 13.6. The van der Waals surface area contributed by atoms with Gasteiger partial charge in [0.05, 0.1) is 0 Å². The van der Waals surface area contributed by atoms with E-state index in [9.17, 15) is 14.7 Å². The fourth-order valence-electron chi connectivity index (χ4n) is 4.02. The number of hydrogen-bond acceptors (Lipinski definition) is 3. The highest BCUT2D eigenvalue weighted by atomic mass is 16.3. The monoisotopic (exact) mass is 382 g/mol. The van der Waals surface area contributed by atoms with Crippen molar-refractivity contribution >= 4 is 22.6 Å². The second-order valence-electron chi connectivity index (χ2n) is 7.48. The lowest BCUT2D eigenvalue weighted by Gasteiger charge is -2.34. The molecule has 0 spiro atoms. The highest BCUT2D eigenvalue weighted by Crippen LogP contribution is 2.24. The number of aliphatic hydroxyl groups excluding tert-OH is 1. The maximum absolute atomic E-state index is 13.2. The van der Waals surface area contributed by atoms with E-state index in [1.807, 2.05) is 34.9 Å². The Bertz CT molecular complexity index is 807. The summed E-state index contributed by atoms with van der Waals surface area (Å²) in [4.78, 5) is 28.9. The standard InChI is InChI=1S/C23H30N2O3/c1-2-22(27)24-14-11-19(12-15-24)23(28)25(13-6-16-26)17-20-9-5-8-18-7-3-4-10-21(18)20/h3-5,7-10,19,26H,2,6,11-17H2,1H3. The first kappa shape index (κ1) is 20.3.